The molecule has 1 heterocycles. The molecule has 0 atom stereocenters. The van der Waals surface area contributed by atoms with Crippen LogP contribution in [0, 0.1) is 5.41 Å². The predicted octanol–water partition coefficient (Wildman–Crippen LogP) is 1.90. The van der Waals surface area contributed by atoms with Crippen molar-refractivity contribution < 1.29 is 18.0 Å². The molecule has 1 aromatic carbocycles. The van der Waals surface area contributed by atoms with E-state index in [1.54, 1.807) is 32.9 Å². The fourth-order valence-electron chi connectivity index (χ4n) is 2.41. The molecule has 2 rings (SSSR count). The van der Waals surface area contributed by atoms with E-state index in [1.165, 1.54) is 21.9 Å². The summed E-state index contributed by atoms with van der Waals surface area (Å²) in [5.41, 5.74) is -0.564. The molecule has 0 aromatic heterocycles. The van der Waals surface area contributed by atoms with Gasteiger partial charge in [-0.25, -0.2) is 8.42 Å². The number of carbonyl (C=O) groups excluding carboxylic acids is 2. The molecule has 0 bridgehead atoms. The second-order valence-electron chi connectivity index (χ2n) is 6.83. The van der Waals surface area contributed by atoms with Gasteiger partial charge in [0.25, 0.3) is 0 Å². The van der Waals surface area contributed by atoms with Crippen LogP contribution in [0.25, 0.3) is 0 Å². The molecule has 1 aromatic rings. The van der Waals surface area contributed by atoms with Crippen molar-refractivity contribution in [3.63, 3.8) is 0 Å². The van der Waals surface area contributed by atoms with Crippen LogP contribution in [0.5, 0.6) is 0 Å². The van der Waals surface area contributed by atoms with E-state index in [9.17, 15) is 18.0 Å². The van der Waals surface area contributed by atoms with Crippen LogP contribution in [0.4, 0.5) is 0 Å². The number of amides is 2. The molecular weight excluding hydrogens is 396 g/mol. The SMILES string of the molecule is CC(C)(C)C(=O)N1CCN(CS(=O)(=O)c2ccc(Br)cc2)C(=O)C1. The highest BCUT2D eigenvalue weighted by atomic mass is 79.9. The maximum Gasteiger partial charge on any atom is 0.243 e. The maximum absolute atomic E-state index is 12.4. The Morgan fingerprint density at radius 3 is 2.25 bits per heavy atom. The first-order valence-electron chi connectivity index (χ1n) is 7.56. The molecule has 1 fully saturated rings. The lowest BCUT2D eigenvalue weighted by molar-refractivity contribution is -0.149. The number of sulfone groups is 1. The summed E-state index contributed by atoms with van der Waals surface area (Å²) in [4.78, 5) is 27.5. The normalized spacial score (nSPS) is 16.4. The predicted molar refractivity (Wildman–Crippen MR) is 93.9 cm³/mol. The van der Waals surface area contributed by atoms with Gasteiger partial charge in [-0.15, -0.1) is 0 Å². The molecule has 0 saturated carbocycles. The number of nitrogens with zero attached hydrogens (tertiary/aromatic N) is 2. The van der Waals surface area contributed by atoms with Crippen molar-refractivity contribution in [2.75, 3.05) is 25.5 Å². The van der Waals surface area contributed by atoms with Crippen molar-refractivity contribution in [1.82, 2.24) is 9.80 Å². The molecule has 0 radical (unpaired) electrons. The zero-order valence-electron chi connectivity index (χ0n) is 14.0. The third-order valence-corrected chi connectivity index (χ3v) is 5.92. The Morgan fingerprint density at radius 2 is 1.75 bits per heavy atom. The molecule has 0 unspecified atom stereocenters. The van der Waals surface area contributed by atoms with Gasteiger partial charge in [0.15, 0.2) is 9.84 Å². The van der Waals surface area contributed by atoms with Crippen LogP contribution in [0.1, 0.15) is 20.8 Å². The number of halogens is 1. The van der Waals surface area contributed by atoms with E-state index in [0.29, 0.717) is 6.54 Å². The van der Waals surface area contributed by atoms with Crippen molar-refractivity contribution in [2.24, 2.45) is 5.41 Å². The van der Waals surface area contributed by atoms with Gasteiger partial charge in [-0.05, 0) is 24.3 Å². The van der Waals surface area contributed by atoms with Gasteiger partial charge in [-0.2, -0.15) is 0 Å². The number of hydrogen-bond donors (Lipinski definition) is 0. The Morgan fingerprint density at radius 1 is 1.17 bits per heavy atom. The molecule has 1 aliphatic heterocycles. The lowest BCUT2D eigenvalue weighted by Crippen LogP contribution is -2.55. The van der Waals surface area contributed by atoms with Gasteiger partial charge in [0.2, 0.25) is 11.8 Å². The molecular formula is C16H21BrN2O4S. The lowest BCUT2D eigenvalue weighted by atomic mass is 9.94. The molecule has 24 heavy (non-hydrogen) atoms. The Bertz CT molecular complexity index is 738. The zero-order valence-corrected chi connectivity index (χ0v) is 16.4. The molecule has 1 saturated heterocycles. The average molecular weight is 417 g/mol. The molecule has 8 heteroatoms. The fourth-order valence-corrected chi connectivity index (χ4v) is 4.06. The van der Waals surface area contributed by atoms with Crippen LogP contribution < -0.4 is 0 Å². The van der Waals surface area contributed by atoms with E-state index >= 15 is 0 Å². The van der Waals surface area contributed by atoms with Crippen LogP contribution in [-0.2, 0) is 19.4 Å². The van der Waals surface area contributed by atoms with Crippen LogP contribution in [0.3, 0.4) is 0 Å². The first kappa shape index (κ1) is 18.9. The highest BCUT2D eigenvalue weighted by Crippen LogP contribution is 2.21. The topological polar surface area (TPSA) is 74.8 Å². The minimum absolute atomic E-state index is 0.0774. The quantitative estimate of drug-likeness (QED) is 0.753. The summed E-state index contributed by atoms with van der Waals surface area (Å²) in [6, 6.07) is 6.30. The van der Waals surface area contributed by atoms with E-state index in [1.807, 2.05) is 0 Å². The van der Waals surface area contributed by atoms with Crippen molar-refractivity contribution in [3.05, 3.63) is 28.7 Å². The maximum atomic E-state index is 12.4. The van der Waals surface area contributed by atoms with Crippen LogP contribution in [-0.4, -0.2) is 55.5 Å². The molecule has 2 amide bonds. The summed E-state index contributed by atoms with van der Waals surface area (Å²) < 4.78 is 25.7. The van der Waals surface area contributed by atoms with E-state index in [0.717, 1.165) is 4.47 Å². The molecule has 6 nitrogen and oxygen atoms in total. The second-order valence-corrected chi connectivity index (χ2v) is 9.71. The minimum atomic E-state index is -3.59. The van der Waals surface area contributed by atoms with Gasteiger partial charge in [-0.1, -0.05) is 36.7 Å². The van der Waals surface area contributed by atoms with Crippen LogP contribution >= 0.6 is 15.9 Å². The molecule has 1 aliphatic rings. The van der Waals surface area contributed by atoms with E-state index in [2.05, 4.69) is 15.9 Å². The Kier molecular flexibility index (Phi) is 5.39. The summed E-state index contributed by atoms with van der Waals surface area (Å²) >= 11 is 3.26. The highest BCUT2D eigenvalue weighted by Gasteiger charge is 2.34. The standard InChI is InChI=1S/C16H21BrN2O4S/c1-16(2,3)15(21)18-8-9-19(14(20)10-18)11-24(22,23)13-6-4-12(17)5-7-13/h4-7H,8-11H2,1-3H3. The van der Waals surface area contributed by atoms with E-state index < -0.39 is 15.3 Å². The molecule has 0 aliphatic carbocycles. The summed E-state index contributed by atoms with van der Waals surface area (Å²) in [5.74, 6) is -0.823. The number of rotatable bonds is 3. The molecule has 0 N–H and O–H groups in total. The number of hydrogen-bond acceptors (Lipinski definition) is 4. The monoisotopic (exact) mass is 416 g/mol. The van der Waals surface area contributed by atoms with Gasteiger partial charge in [-0.3, -0.25) is 9.59 Å². The van der Waals surface area contributed by atoms with Gasteiger partial charge < -0.3 is 9.80 Å². The number of benzene rings is 1. The third-order valence-electron chi connectivity index (χ3n) is 3.75. The third kappa shape index (κ3) is 4.36. The fraction of sp³-hybridized carbons (Fsp3) is 0.500. The van der Waals surface area contributed by atoms with Crippen molar-refractivity contribution in [3.8, 4) is 0 Å². The second kappa shape index (κ2) is 6.84. The van der Waals surface area contributed by atoms with E-state index in [-0.39, 0.29) is 35.7 Å². The lowest BCUT2D eigenvalue weighted by Gasteiger charge is -2.36. The first-order chi connectivity index (χ1) is 11.0. The zero-order chi connectivity index (χ0) is 18.1. The van der Waals surface area contributed by atoms with Gasteiger partial charge in [0.05, 0.1) is 11.4 Å². The Hall–Kier alpha value is -1.41. The van der Waals surface area contributed by atoms with Crippen molar-refractivity contribution in [2.45, 2.75) is 25.7 Å². The van der Waals surface area contributed by atoms with E-state index in [4.69, 9.17) is 0 Å². The van der Waals surface area contributed by atoms with Crippen molar-refractivity contribution in [1.29, 1.82) is 0 Å². The number of carbonyl (C=O) groups is 2. The van der Waals surface area contributed by atoms with Gasteiger partial charge in [0.1, 0.15) is 5.88 Å². The Balaban J connectivity index is 2.06. The number of piperazine rings is 1. The summed E-state index contributed by atoms with van der Waals surface area (Å²) in [7, 11) is -3.59. The van der Waals surface area contributed by atoms with Crippen LogP contribution in [0.15, 0.2) is 33.6 Å². The largest absolute Gasteiger partial charge is 0.331 e. The smallest absolute Gasteiger partial charge is 0.243 e. The highest BCUT2D eigenvalue weighted by molar-refractivity contribution is 9.10. The summed E-state index contributed by atoms with van der Waals surface area (Å²) in [6.07, 6.45) is 0. The minimum Gasteiger partial charge on any atom is -0.331 e. The summed E-state index contributed by atoms with van der Waals surface area (Å²) in [6.45, 7) is 5.87. The Labute approximate surface area is 150 Å². The summed E-state index contributed by atoms with van der Waals surface area (Å²) in [5, 5.41) is 0. The van der Waals surface area contributed by atoms with Gasteiger partial charge >= 0.3 is 0 Å². The average Bonchev–Trinajstić information content (AvgIpc) is 2.48. The van der Waals surface area contributed by atoms with Gasteiger partial charge in [0, 0.05) is 23.0 Å². The van der Waals surface area contributed by atoms with Crippen LogP contribution in [0.2, 0.25) is 0 Å². The molecule has 132 valence electrons. The van der Waals surface area contributed by atoms with Crippen molar-refractivity contribution >= 4 is 37.6 Å². The first-order valence-corrected chi connectivity index (χ1v) is 10.0. The molecule has 0 spiro atoms.